The van der Waals surface area contributed by atoms with Crippen molar-refractivity contribution in [3.05, 3.63) is 28.8 Å². The first kappa shape index (κ1) is 15.6. The summed E-state index contributed by atoms with van der Waals surface area (Å²) < 4.78 is 10.5. The lowest BCUT2D eigenvalue weighted by Gasteiger charge is -2.09. The first-order chi connectivity index (χ1) is 11.1. The molecule has 0 saturated heterocycles. The highest BCUT2D eigenvalue weighted by molar-refractivity contribution is 6.01. The number of nitrogens with one attached hydrogen (secondary N) is 1. The van der Waals surface area contributed by atoms with Crippen molar-refractivity contribution in [2.75, 3.05) is 19.0 Å². The summed E-state index contributed by atoms with van der Waals surface area (Å²) in [4.78, 5) is 23.4. The zero-order valence-corrected chi connectivity index (χ0v) is 13.5. The van der Waals surface area contributed by atoms with E-state index in [0.29, 0.717) is 18.8 Å². The largest absolute Gasteiger partial charge is 0.495 e. The number of allylic oxidation sites excluding steroid dienone is 1. The summed E-state index contributed by atoms with van der Waals surface area (Å²) in [7, 11) is 1.60. The molecule has 122 valence electrons. The van der Waals surface area contributed by atoms with Crippen molar-refractivity contribution in [3.8, 4) is 5.75 Å². The van der Waals surface area contributed by atoms with Gasteiger partial charge in [-0.25, -0.2) is 0 Å². The van der Waals surface area contributed by atoms with Gasteiger partial charge in [0.2, 0.25) is 5.91 Å². The predicted molar refractivity (Wildman–Crippen MR) is 87.3 cm³/mol. The van der Waals surface area contributed by atoms with Crippen LogP contribution in [0.3, 0.4) is 0 Å². The SMILES string of the molecule is CCOC(=O)C1CC/C(=C/c2cc3c(c(OC)c2)NC(=O)C3)C1. The van der Waals surface area contributed by atoms with Gasteiger partial charge in [0, 0.05) is 0 Å². The lowest BCUT2D eigenvalue weighted by atomic mass is 10.0. The summed E-state index contributed by atoms with van der Waals surface area (Å²) in [5, 5.41) is 2.83. The minimum atomic E-state index is -0.0998. The summed E-state index contributed by atoms with van der Waals surface area (Å²) >= 11 is 0. The molecule has 23 heavy (non-hydrogen) atoms. The first-order valence-corrected chi connectivity index (χ1v) is 7.97. The van der Waals surface area contributed by atoms with Gasteiger partial charge in [0.1, 0.15) is 5.75 Å². The van der Waals surface area contributed by atoms with Gasteiger partial charge in [-0.15, -0.1) is 0 Å². The Morgan fingerprint density at radius 2 is 2.26 bits per heavy atom. The third kappa shape index (κ3) is 3.23. The summed E-state index contributed by atoms with van der Waals surface area (Å²) in [5.41, 5.74) is 3.98. The van der Waals surface area contributed by atoms with Gasteiger partial charge in [0.05, 0.1) is 31.7 Å². The second-order valence-corrected chi connectivity index (χ2v) is 5.98. The van der Waals surface area contributed by atoms with E-state index < -0.39 is 0 Å². The lowest BCUT2D eigenvalue weighted by Crippen LogP contribution is -2.14. The van der Waals surface area contributed by atoms with Crippen LogP contribution in [0.15, 0.2) is 17.7 Å². The van der Waals surface area contributed by atoms with Crippen LogP contribution in [0.2, 0.25) is 0 Å². The Morgan fingerprint density at radius 3 is 3.00 bits per heavy atom. The molecular formula is C18H21NO4. The summed E-state index contributed by atoms with van der Waals surface area (Å²) in [6.07, 6.45) is 4.97. The zero-order valence-electron chi connectivity index (χ0n) is 13.5. The molecule has 0 radical (unpaired) electrons. The van der Waals surface area contributed by atoms with Crippen molar-refractivity contribution < 1.29 is 19.1 Å². The molecule has 1 aliphatic carbocycles. The average Bonchev–Trinajstić information content (AvgIpc) is 3.12. The molecule has 1 saturated carbocycles. The Labute approximate surface area is 135 Å². The molecule has 1 fully saturated rings. The molecule has 1 amide bonds. The summed E-state index contributed by atoms with van der Waals surface area (Å²) in [6.45, 7) is 2.26. The molecule has 0 bridgehead atoms. The molecule has 0 spiro atoms. The molecule has 3 rings (SSSR count). The minimum Gasteiger partial charge on any atom is -0.495 e. The normalized spacial score (nSPS) is 21.2. The monoisotopic (exact) mass is 315 g/mol. The maximum absolute atomic E-state index is 11.8. The topological polar surface area (TPSA) is 64.6 Å². The van der Waals surface area contributed by atoms with E-state index in [1.54, 1.807) is 7.11 Å². The number of esters is 1. The number of anilines is 1. The number of benzene rings is 1. The van der Waals surface area contributed by atoms with Gasteiger partial charge in [0.15, 0.2) is 0 Å². The standard InChI is InChI=1S/C18H21NO4/c1-3-23-18(21)13-5-4-11(7-13)6-12-8-14-10-16(20)19-17(14)15(9-12)22-2/h6,8-9,13H,3-5,7,10H2,1-2H3,(H,19,20)/b11-6-. The number of ether oxygens (including phenoxy) is 2. The van der Waals surface area contributed by atoms with Crippen molar-refractivity contribution in [3.63, 3.8) is 0 Å². The highest BCUT2D eigenvalue weighted by Crippen LogP contribution is 2.37. The van der Waals surface area contributed by atoms with Gasteiger partial charge < -0.3 is 14.8 Å². The Morgan fingerprint density at radius 1 is 1.43 bits per heavy atom. The molecule has 1 aromatic carbocycles. The Bertz CT molecular complexity index is 678. The van der Waals surface area contributed by atoms with Crippen molar-refractivity contribution in [2.24, 2.45) is 5.92 Å². The summed E-state index contributed by atoms with van der Waals surface area (Å²) in [5.74, 6) is 0.546. The molecule has 2 aliphatic rings. The number of amides is 1. The zero-order chi connectivity index (χ0) is 16.4. The molecule has 0 aromatic heterocycles. The van der Waals surface area contributed by atoms with E-state index in [1.165, 1.54) is 5.57 Å². The quantitative estimate of drug-likeness (QED) is 0.868. The van der Waals surface area contributed by atoms with Gasteiger partial charge in [0.25, 0.3) is 0 Å². The van der Waals surface area contributed by atoms with Crippen molar-refractivity contribution in [1.29, 1.82) is 0 Å². The van der Waals surface area contributed by atoms with Crippen molar-refractivity contribution in [2.45, 2.75) is 32.6 Å². The van der Waals surface area contributed by atoms with Gasteiger partial charge in [-0.3, -0.25) is 9.59 Å². The van der Waals surface area contributed by atoms with Crippen LogP contribution < -0.4 is 10.1 Å². The van der Waals surface area contributed by atoms with Crippen LogP contribution in [0.4, 0.5) is 5.69 Å². The second-order valence-electron chi connectivity index (χ2n) is 5.98. The van der Waals surface area contributed by atoms with E-state index in [9.17, 15) is 9.59 Å². The maximum atomic E-state index is 11.8. The van der Waals surface area contributed by atoms with E-state index in [-0.39, 0.29) is 17.8 Å². The van der Waals surface area contributed by atoms with E-state index in [0.717, 1.165) is 36.1 Å². The molecule has 1 heterocycles. The number of carbonyl (C=O) groups excluding carboxylic acids is 2. The highest BCUT2D eigenvalue weighted by atomic mass is 16.5. The number of rotatable bonds is 4. The third-order valence-electron chi connectivity index (χ3n) is 4.35. The fourth-order valence-corrected chi connectivity index (χ4v) is 3.29. The van der Waals surface area contributed by atoms with Gasteiger partial charge in [-0.05, 0) is 49.4 Å². The number of methoxy groups -OCH3 is 1. The lowest BCUT2D eigenvalue weighted by molar-refractivity contribution is -0.147. The van der Waals surface area contributed by atoms with Gasteiger partial charge >= 0.3 is 5.97 Å². The van der Waals surface area contributed by atoms with Crippen LogP contribution >= 0.6 is 0 Å². The average molecular weight is 315 g/mol. The number of fused-ring (bicyclic) bond motifs is 1. The van der Waals surface area contributed by atoms with Crippen LogP contribution in [0.25, 0.3) is 6.08 Å². The fraction of sp³-hybridized carbons (Fsp3) is 0.444. The van der Waals surface area contributed by atoms with Crippen LogP contribution in [0.1, 0.15) is 37.3 Å². The Balaban J connectivity index is 1.80. The van der Waals surface area contributed by atoms with Gasteiger partial charge in [-0.1, -0.05) is 11.6 Å². The second kappa shape index (κ2) is 6.44. The van der Waals surface area contributed by atoms with Gasteiger partial charge in [-0.2, -0.15) is 0 Å². The smallest absolute Gasteiger partial charge is 0.309 e. The molecular weight excluding hydrogens is 294 g/mol. The molecule has 5 nitrogen and oxygen atoms in total. The van der Waals surface area contributed by atoms with Crippen LogP contribution in [0.5, 0.6) is 5.75 Å². The molecule has 1 atom stereocenters. The molecule has 1 N–H and O–H groups in total. The number of hydrogen-bond donors (Lipinski definition) is 1. The third-order valence-corrected chi connectivity index (χ3v) is 4.35. The number of hydrogen-bond acceptors (Lipinski definition) is 4. The fourth-order valence-electron chi connectivity index (χ4n) is 3.29. The Hall–Kier alpha value is -2.30. The molecule has 5 heteroatoms. The minimum absolute atomic E-state index is 0.00801. The maximum Gasteiger partial charge on any atom is 0.309 e. The Kier molecular flexibility index (Phi) is 4.37. The number of carbonyl (C=O) groups is 2. The molecule has 1 aromatic rings. The van der Waals surface area contributed by atoms with E-state index >= 15 is 0 Å². The molecule has 1 unspecified atom stereocenters. The van der Waals surface area contributed by atoms with Crippen molar-refractivity contribution >= 4 is 23.6 Å². The van der Waals surface area contributed by atoms with E-state index in [1.807, 2.05) is 19.1 Å². The van der Waals surface area contributed by atoms with Crippen molar-refractivity contribution in [1.82, 2.24) is 0 Å². The van der Waals surface area contributed by atoms with E-state index in [2.05, 4.69) is 11.4 Å². The molecule has 1 aliphatic heterocycles. The van der Waals surface area contributed by atoms with E-state index in [4.69, 9.17) is 9.47 Å². The predicted octanol–water partition coefficient (Wildman–Crippen LogP) is 2.94. The summed E-state index contributed by atoms with van der Waals surface area (Å²) in [6, 6.07) is 3.94. The van der Waals surface area contributed by atoms with Crippen LogP contribution in [-0.4, -0.2) is 25.6 Å². The highest BCUT2D eigenvalue weighted by Gasteiger charge is 2.27. The van der Waals surface area contributed by atoms with Crippen LogP contribution in [0, 0.1) is 5.92 Å². The first-order valence-electron chi connectivity index (χ1n) is 7.97. The van der Waals surface area contributed by atoms with Crippen LogP contribution in [-0.2, 0) is 20.7 Å².